The third-order valence-electron chi connectivity index (χ3n) is 9.05. The Kier molecular flexibility index (Phi) is 4.68. The molecule has 2 aliphatic heterocycles. The summed E-state index contributed by atoms with van der Waals surface area (Å²) in [7, 11) is 1.81. The summed E-state index contributed by atoms with van der Waals surface area (Å²) in [6.45, 7) is 6.45. The van der Waals surface area contributed by atoms with Crippen molar-refractivity contribution >= 4 is 28.2 Å². The quantitative estimate of drug-likeness (QED) is 0.578. The predicted octanol–water partition coefficient (Wildman–Crippen LogP) is 2.43. The number of halogens is 1. The number of nitrogens with zero attached hydrogens (tertiary/aromatic N) is 6. The first kappa shape index (κ1) is 22.1. The molecule has 3 aliphatic carbocycles. The highest BCUT2D eigenvalue weighted by molar-refractivity contribution is 6.34. The number of rotatable bonds is 5. The van der Waals surface area contributed by atoms with E-state index < -0.39 is 6.10 Å². The Morgan fingerprint density at radius 2 is 1.89 bits per heavy atom. The SMILES string of the molecule is COC12CC(n3cc(-n4ncc5cc(Cl)c(N6CCN(C7(C)COCC7O)CC6)cc54)cn3)(C1)C2. The Labute approximate surface area is 209 Å². The lowest BCUT2D eigenvalue weighted by Gasteiger charge is -2.68. The summed E-state index contributed by atoms with van der Waals surface area (Å²) in [6.07, 6.45) is 8.52. The Morgan fingerprint density at radius 3 is 2.57 bits per heavy atom. The molecular formula is C25H31ClN6O3. The molecule has 2 bridgehead atoms. The van der Waals surface area contributed by atoms with E-state index in [1.165, 1.54) is 0 Å². The molecule has 0 amide bonds. The highest BCUT2D eigenvalue weighted by Gasteiger charge is 2.70. The molecule has 186 valence electrons. The van der Waals surface area contributed by atoms with Crippen molar-refractivity contribution in [2.75, 3.05) is 51.4 Å². The van der Waals surface area contributed by atoms with E-state index in [9.17, 15) is 5.11 Å². The fourth-order valence-corrected chi connectivity index (χ4v) is 6.97. The lowest BCUT2D eigenvalue weighted by Crippen LogP contribution is -2.73. The third kappa shape index (κ3) is 3.08. The van der Waals surface area contributed by atoms with E-state index >= 15 is 0 Å². The zero-order valence-electron chi connectivity index (χ0n) is 20.2. The number of fused-ring (bicyclic) bond motifs is 1. The van der Waals surface area contributed by atoms with Gasteiger partial charge in [0, 0.05) is 57.9 Å². The minimum absolute atomic E-state index is 0.0838. The molecule has 2 atom stereocenters. The molecule has 0 radical (unpaired) electrons. The first-order chi connectivity index (χ1) is 16.8. The summed E-state index contributed by atoms with van der Waals surface area (Å²) in [4.78, 5) is 4.68. The number of aliphatic hydroxyl groups is 1. The van der Waals surface area contributed by atoms with E-state index in [4.69, 9.17) is 26.2 Å². The van der Waals surface area contributed by atoms with Crippen LogP contribution in [0.3, 0.4) is 0 Å². The van der Waals surface area contributed by atoms with Crippen LogP contribution < -0.4 is 4.90 Å². The van der Waals surface area contributed by atoms with E-state index in [1.807, 2.05) is 30.3 Å². The van der Waals surface area contributed by atoms with Crippen LogP contribution in [0.5, 0.6) is 0 Å². The van der Waals surface area contributed by atoms with Gasteiger partial charge in [-0.15, -0.1) is 0 Å². The van der Waals surface area contributed by atoms with Gasteiger partial charge in [0.1, 0.15) is 5.69 Å². The van der Waals surface area contributed by atoms with E-state index in [0.29, 0.717) is 13.2 Å². The number of benzene rings is 1. The standard InChI is InChI=1S/C25H31ClN6O3/c1-23(16-35-12-22(23)33)30-5-3-29(4-6-30)21-8-20-17(7-19(21)26)9-28-32(20)18-10-27-31(11-18)24-13-25(14-24,15-24)34-2/h7-11,22,33H,3-6,12-16H2,1-2H3. The summed E-state index contributed by atoms with van der Waals surface area (Å²) in [5.41, 5.74) is 2.87. The second-order valence-electron chi connectivity index (χ2n) is 11.1. The smallest absolute Gasteiger partial charge is 0.103 e. The average Bonchev–Trinajstić information content (AvgIpc) is 3.52. The molecule has 8 rings (SSSR count). The Morgan fingerprint density at radius 1 is 1.11 bits per heavy atom. The van der Waals surface area contributed by atoms with Gasteiger partial charge in [0.05, 0.1) is 70.8 Å². The van der Waals surface area contributed by atoms with Crippen molar-refractivity contribution in [2.45, 2.75) is 49.0 Å². The molecule has 2 saturated heterocycles. The maximum Gasteiger partial charge on any atom is 0.103 e. The summed E-state index contributed by atoms with van der Waals surface area (Å²) < 4.78 is 15.3. The number of aliphatic hydroxyl groups excluding tert-OH is 1. The van der Waals surface area contributed by atoms with Crippen molar-refractivity contribution in [1.82, 2.24) is 24.5 Å². The monoisotopic (exact) mass is 498 g/mol. The lowest BCUT2D eigenvalue weighted by atomic mass is 9.46. The molecule has 3 aromatic rings. The second kappa shape index (κ2) is 7.43. The number of hydrogen-bond donors (Lipinski definition) is 1. The predicted molar refractivity (Wildman–Crippen MR) is 132 cm³/mol. The van der Waals surface area contributed by atoms with Gasteiger partial charge in [-0.05, 0) is 19.1 Å². The number of anilines is 1. The summed E-state index contributed by atoms with van der Waals surface area (Å²) in [6, 6.07) is 4.15. The number of methoxy groups -OCH3 is 1. The van der Waals surface area contributed by atoms with Gasteiger partial charge in [0.2, 0.25) is 0 Å². The molecule has 1 N–H and O–H groups in total. The van der Waals surface area contributed by atoms with Crippen LogP contribution >= 0.6 is 11.6 Å². The van der Waals surface area contributed by atoms with Gasteiger partial charge in [-0.2, -0.15) is 10.2 Å². The molecule has 1 aromatic carbocycles. The molecule has 10 heteroatoms. The minimum Gasteiger partial charge on any atom is -0.389 e. The summed E-state index contributed by atoms with van der Waals surface area (Å²) in [5.74, 6) is 0. The number of hydrogen-bond acceptors (Lipinski definition) is 7. The van der Waals surface area contributed by atoms with Crippen LogP contribution in [0.25, 0.3) is 16.6 Å². The Balaban J connectivity index is 1.13. The van der Waals surface area contributed by atoms with Crippen LogP contribution in [0, 0.1) is 0 Å². The zero-order chi connectivity index (χ0) is 24.0. The fraction of sp³-hybridized carbons (Fsp3) is 0.600. The average molecular weight is 499 g/mol. The van der Waals surface area contributed by atoms with Crippen molar-refractivity contribution in [3.05, 3.63) is 35.7 Å². The Bertz CT molecular complexity index is 1280. The number of aromatic nitrogens is 4. The highest BCUT2D eigenvalue weighted by atomic mass is 35.5. The molecule has 5 aliphatic rings. The van der Waals surface area contributed by atoms with Crippen molar-refractivity contribution in [3.8, 4) is 5.69 Å². The van der Waals surface area contributed by atoms with Crippen LogP contribution in [0.4, 0.5) is 5.69 Å². The van der Waals surface area contributed by atoms with Gasteiger partial charge in [-0.25, -0.2) is 4.68 Å². The van der Waals surface area contributed by atoms with Gasteiger partial charge in [0.15, 0.2) is 0 Å². The maximum absolute atomic E-state index is 10.4. The lowest BCUT2D eigenvalue weighted by molar-refractivity contribution is -0.265. The third-order valence-corrected chi connectivity index (χ3v) is 9.36. The van der Waals surface area contributed by atoms with E-state index in [0.717, 1.165) is 72.7 Å². The second-order valence-corrected chi connectivity index (χ2v) is 11.5. The maximum atomic E-state index is 10.4. The van der Waals surface area contributed by atoms with Crippen LogP contribution in [0.15, 0.2) is 30.7 Å². The molecule has 2 unspecified atom stereocenters. The van der Waals surface area contributed by atoms with Gasteiger partial charge >= 0.3 is 0 Å². The van der Waals surface area contributed by atoms with E-state index in [1.54, 1.807) is 0 Å². The summed E-state index contributed by atoms with van der Waals surface area (Å²) >= 11 is 6.75. The van der Waals surface area contributed by atoms with Crippen molar-refractivity contribution < 1.29 is 14.6 Å². The van der Waals surface area contributed by atoms with Crippen LogP contribution in [-0.4, -0.2) is 93.3 Å². The number of ether oxygens (including phenoxy) is 2. The molecule has 2 aromatic heterocycles. The van der Waals surface area contributed by atoms with E-state index in [-0.39, 0.29) is 16.7 Å². The molecule has 3 saturated carbocycles. The van der Waals surface area contributed by atoms with Gasteiger partial charge in [-0.1, -0.05) is 11.6 Å². The zero-order valence-corrected chi connectivity index (χ0v) is 20.9. The van der Waals surface area contributed by atoms with Gasteiger partial charge in [0.25, 0.3) is 0 Å². The topological polar surface area (TPSA) is 80.8 Å². The highest BCUT2D eigenvalue weighted by Crippen LogP contribution is 2.66. The normalized spacial score (nSPS) is 34.9. The molecule has 4 heterocycles. The van der Waals surface area contributed by atoms with Crippen molar-refractivity contribution in [1.29, 1.82) is 0 Å². The van der Waals surface area contributed by atoms with Crippen LogP contribution in [0.2, 0.25) is 5.02 Å². The molecule has 5 fully saturated rings. The van der Waals surface area contributed by atoms with Crippen LogP contribution in [-0.2, 0) is 15.0 Å². The fourth-order valence-electron chi connectivity index (χ4n) is 6.68. The first-order valence-electron chi connectivity index (χ1n) is 12.4. The van der Waals surface area contributed by atoms with Crippen molar-refractivity contribution in [3.63, 3.8) is 0 Å². The molecule has 9 nitrogen and oxygen atoms in total. The van der Waals surface area contributed by atoms with Crippen LogP contribution in [0.1, 0.15) is 26.2 Å². The first-order valence-corrected chi connectivity index (χ1v) is 12.8. The largest absolute Gasteiger partial charge is 0.389 e. The van der Waals surface area contributed by atoms with Crippen molar-refractivity contribution in [2.24, 2.45) is 0 Å². The van der Waals surface area contributed by atoms with Gasteiger partial charge < -0.3 is 19.5 Å². The van der Waals surface area contributed by atoms with E-state index in [2.05, 4.69) is 38.8 Å². The molecule has 35 heavy (non-hydrogen) atoms. The molecular weight excluding hydrogens is 468 g/mol. The minimum atomic E-state index is -0.449. The van der Waals surface area contributed by atoms with Gasteiger partial charge in [-0.3, -0.25) is 9.58 Å². The Hall–Kier alpha value is -2.17. The number of piperazine rings is 1. The summed E-state index contributed by atoms with van der Waals surface area (Å²) in [5, 5.41) is 21.5. The molecule has 0 spiro atoms.